The van der Waals surface area contributed by atoms with E-state index >= 15 is 0 Å². The molecule has 0 radical (unpaired) electrons. The molecule has 1 atom stereocenters. The van der Waals surface area contributed by atoms with E-state index in [1.807, 2.05) is 0 Å². The molecular formula is C18H21NO2. The van der Waals surface area contributed by atoms with E-state index in [0.717, 1.165) is 5.69 Å². The molecule has 0 saturated carbocycles. The van der Waals surface area contributed by atoms with Crippen molar-refractivity contribution in [2.24, 2.45) is 0 Å². The number of aryl methyl sites for hydroxylation is 3. The molecule has 0 spiro atoms. The maximum absolute atomic E-state index is 10.8. The van der Waals surface area contributed by atoms with Crippen molar-refractivity contribution in [3.05, 3.63) is 64.2 Å². The molecule has 0 saturated heterocycles. The van der Waals surface area contributed by atoms with Crippen LogP contribution in [0.25, 0.3) is 0 Å². The Morgan fingerprint density at radius 1 is 1.00 bits per heavy atom. The number of hydrogen-bond donors (Lipinski definition) is 2. The number of carboxylic acids is 1. The summed E-state index contributed by atoms with van der Waals surface area (Å²) < 4.78 is 0. The summed E-state index contributed by atoms with van der Waals surface area (Å²) in [5.41, 5.74) is 6.33. The Labute approximate surface area is 125 Å². The topological polar surface area (TPSA) is 49.3 Å². The summed E-state index contributed by atoms with van der Waals surface area (Å²) in [7, 11) is 0. The Bertz CT molecular complexity index is 660. The van der Waals surface area contributed by atoms with Gasteiger partial charge in [0.15, 0.2) is 0 Å². The van der Waals surface area contributed by atoms with E-state index < -0.39 is 5.97 Å². The van der Waals surface area contributed by atoms with Gasteiger partial charge in [0.25, 0.3) is 0 Å². The average molecular weight is 283 g/mol. The summed E-state index contributed by atoms with van der Waals surface area (Å²) in [6.45, 7) is 8.47. The molecule has 2 N–H and O–H groups in total. The largest absolute Gasteiger partial charge is 0.478 e. The Morgan fingerprint density at radius 3 is 2.14 bits per heavy atom. The van der Waals surface area contributed by atoms with Gasteiger partial charge in [-0.2, -0.15) is 0 Å². The molecule has 21 heavy (non-hydrogen) atoms. The lowest BCUT2D eigenvalue weighted by Gasteiger charge is -2.19. The first-order valence-electron chi connectivity index (χ1n) is 7.06. The van der Waals surface area contributed by atoms with Gasteiger partial charge in [0.2, 0.25) is 0 Å². The van der Waals surface area contributed by atoms with Crippen molar-refractivity contribution in [2.75, 3.05) is 5.32 Å². The van der Waals surface area contributed by atoms with Crippen LogP contribution in [0.1, 0.15) is 45.6 Å². The summed E-state index contributed by atoms with van der Waals surface area (Å²) in [6, 6.07) is 11.4. The molecule has 2 aromatic carbocycles. The van der Waals surface area contributed by atoms with Crippen molar-refractivity contribution in [3.63, 3.8) is 0 Å². The molecule has 0 fully saturated rings. The summed E-state index contributed by atoms with van der Waals surface area (Å²) in [5.74, 6) is -0.903. The number of carbonyl (C=O) groups is 1. The third-order valence-corrected chi connectivity index (χ3v) is 3.86. The van der Waals surface area contributed by atoms with E-state index in [4.69, 9.17) is 5.11 Å². The van der Waals surface area contributed by atoms with Gasteiger partial charge in [-0.05, 0) is 74.2 Å². The van der Waals surface area contributed by atoms with Crippen LogP contribution in [0.4, 0.5) is 5.69 Å². The Balaban J connectivity index is 2.19. The smallest absolute Gasteiger partial charge is 0.335 e. The summed E-state index contributed by atoms with van der Waals surface area (Å²) in [4.78, 5) is 10.8. The predicted octanol–water partition coefficient (Wildman–Crippen LogP) is 4.48. The van der Waals surface area contributed by atoms with Crippen molar-refractivity contribution < 1.29 is 9.90 Å². The number of rotatable bonds is 4. The molecule has 3 heteroatoms. The third-order valence-electron chi connectivity index (χ3n) is 3.86. The van der Waals surface area contributed by atoms with E-state index in [2.05, 4.69) is 45.1 Å². The lowest BCUT2D eigenvalue weighted by Crippen LogP contribution is -2.09. The van der Waals surface area contributed by atoms with Crippen LogP contribution in [0.2, 0.25) is 0 Å². The molecule has 0 amide bonds. The maximum Gasteiger partial charge on any atom is 0.335 e. The minimum Gasteiger partial charge on any atom is -0.478 e. The van der Waals surface area contributed by atoms with Crippen LogP contribution in [0.5, 0.6) is 0 Å². The second-order valence-corrected chi connectivity index (χ2v) is 5.54. The van der Waals surface area contributed by atoms with Gasteiger partial charge in [0.05, 0.1) is 5.56 Å². The van der Waals surface area contributed by atoms with Crippen LogP contribution in [0.15, 0.2) is 36.4 Å². The second-order valence-electron chi connectivity index (χ2n) is 5.54. The molecule has 2 aromatic rings. The van der Waals surface area contributed by atoms with Gasteiger partial charge in [-0.3, -0.25) is 0 Å². The molecule has 0 aromatic heterocycles. The fraction of sp³-hybridized carbons (Fsp3) is 0.278. The van der Waals surface area contributed by atoms with Gasteiger partial charge in [-0.15, -0.1) is 0 Å². The monoisotopic (exact) mass is 283 g/mol. The molecule has 0 aliphatic rings. The van der Waals surface area contributed by atoms with Crippen molar-refractivity contribution in [1.82, 2.24) is 0 Å². The lowest BCUT2D eigenvalue weighted by atomic mass is 9.96. The van der Waals surface area contributed by atoms with Crippen LogP contribution in [0.3, 0.4) is 0 Å². The summed E-state index contributed by atoms with van der Waals surface area (Å²) in [5, 5.41) is 12.3. The molecule has 3 nitrogen and oxygen atoms in total. The zero-order valence-corrected chi connectivity index (χ0v) is 12.9. The van der Waals surface area contributed by atoms with E-state index in [1.54, 1.807) is 24.3 Å². The Kier molecular flexibility index (Phi) is 4.32. The number of carboxylic acid groups (broad SMARTS) is 1. The minimum atomic E-state index is -0.903. The zero-order chi connectivity index (χ0) is 15.6. The van der Waals surface area contributed by atoms with E-state index in [0.29, 0.717) is 5.56 Å². The SMILES string of the molecule is Cc1cc(C)c(C(C)Nc2ccc(C(=O)O)cc2)cc1C. The summed E-state index contributed by atoms with van der Waals surface area (Å²) >= 11 is 0. The van der Waals surface area contributed by atoms with Crippen LogP contribution in [-0.2, 0) is 0 Å². The number of benzene rings is 2. The highest BCUT2D eigenvalue weighted by Gasteiger charge is 2.10. The van der Waals surface area contributed by atoms with Gasteiger partial charge in [0.1, 0.15) is 0 Å². The molecule has 2 rings (SSSR count). The highest BCUT2D eigenvalue weighted by molar-refractivity contribution is 5.88. The van der Waals surface area contributed by atoms with Crippen LogP contribution in [-0.4, -0.2) is 11.1 Å². The zero-order valence-electron chi connectivity index (χ0n) is 12.9. The van der Waals surface area contributed by atoms with Gasteiger partial charge in [0, 0.05) is 11.7 Å². The van der Waals surface area contributed by atoms with Crippen molar-refractivity contribution >= 4 is 11.7 Å². The van der Waals surface area contributed by atoms with Crippen LogP contribution in [0, 0.1) is 20.8 Å². The number of nitrogens with one attached hydrogen (secondary N) is 1. The lowest BCUT2D eigenvalue weighted by molar-refractivity contribution is 0.0697. The third kappa shape index (κ3) is 3.43. The van der Waals surface area contributed by atoms with Crippen molar-refractivity contribution in [1.29, 1.82) is 0 Å². The molecule has 0 bridgehead atoms. The fourth-order valence-corrected chi connectivity index (χ4v) is 2.49. The maximum atomic E-state index is 10.8. The van der Waals surface area contributed by atoms with Crippen LogP contribution >= 0.6 is 0 Å². The van der Waals surface area contributed by atoms with Gasteiger partial charge < -0.3 is 10.4 Å². The predicted molar refractivity (Wildman–Crippen MR) is 86.1 cm³/mol. The summed E-state index contributed by atoms with van der Waals surface area (Å²) in [6.07, 6.45) is 0. The van der Waals surface area contributed by atoms with E-state index in [-0.39, 0.29) is 6.04 Å². The van der Waals surface area contributed by atoms with Crippen molar-refractivity contribution in [2.45, 2.75) is 33.7 Å². The first kappa shape index (κ1) is 15.1. The normalized spacial score (nSPS) is 12.0. The fourth-order valence-electron chi connectivity index (χ4n) is 2.49. The average Bonchev–Trinajstić information content (AvgIpc) is 2.43. The number of aromatic carboxylic acids is 1. The highest BCUT2D eigenvalue weighted by atomic mass is 16.4. The first-order chi connectivity index (χ1) is 9.88. The standard InChI is InChI=1S/C18H21NO2/c1-11-9-13(3)17(10-12(11)2)14(4)19-16-7-5-15(6-8-16)18(20)21/h5-10,14,19H,1-4H3,(H,20,21). The van der Waals surface area contributed by atoms with Crippen molar-refractivity contribution in [3.8, 4) is 0 Å². The molecule has 1 unspecified atom stereocenters. The van der Waals surface area contributed by atoms with Gasteiger partial charge >= 0.3 is 5.97 Å². The first-order valence-corrected chi connectivity index (χ1v) is 7.06. The highest BCUT2D eigenvalue weighted by Crippen LogP contribution is 2.25. The molecular weight excluding hydrogens is 262 g/mol. The van der Waals surface area contributed by atoms with Gasteiger partial charge in [-0.1, -0.05) is 12.1 Å². The van der Waals surface area contributed by atoms with E-state index in [1.165, 1.54) is 22.3 Å². The quantitative estimate of drug-likeness (QED) is 0.869. The molecule has 0 heterocycles. The number of hydrogen-bond acceptors (Lipinski definition) is 2. The molecule has 0 aliphatic heterocycles. The molecule has 110 valence electrons. The van der Waals surface area contributed by atoms with Crippen LogP contribution < -0.4 is 5.32 Å². The second kappa shape index (κ2) is 6.00. The molecule has 0 aliphatic carbocycles. The Morgan fingerprint density at radius 2 is 1.57 bits per heavy atom. The van der Waals surface area contributed by atoms with Gasteiger partial charge in [-0.25, -0.2) is 4.79 Å². The number of anilines is 1. The van der Waals surface area contributed by atoms with E-state index in [9.17, 15) is 4.79 Å². The minimum absolute atomic E-state index is 0.167. The Hall–Kier alpha value is -2.29.